The predicted molar refractivity (Wildman–Crippen MR) is 180 cm³/mol. The number of rotatable bonds is 7. The van der Waals surface area contributed by atoms with Crippen molar-refractivity contribution >= 4 is 56.9 Å². The molecule has 4 N–H and O–H groups in total. The summed E-state index contributed by atoms with van der Waals surface area (Å²) in [6.07, 6.45) is 0. The van der Waals surface area contributed by atoms with Crippen molar-refractivity contribution in [2.75, 3.05) is 17.7 Å². The first-order valence-electron chi connectivity index (χ1n) is 14.0. The van der Waals surface area contributed by atoms with Crippen LogP contribution in [0.15, 0.2) is 97.1 Å². The molecule has 47 heavy (non-hydrogen) atoms. The highest BCUT2D eigenvalue weighted by atomic mass is 35.5. The van der Waals surface area contributed by atoms with Crippen LogP contribution in [0.3, 0.4) is 0 Å². The van der Waals surface area contributed by atoms with E-state index >= 15 is 0 Å². The van der Waals surface area contributed by atoms with Gasteiger partial charge in [0.2, 0.25) is 0 Å². The number of hydrogen-bond donors (Lipinski definition) is 4. The molecule has 0 aliphatic heterocycles. The average molecular weight is 653 g/mol. The number of carbonyl (C=O) groups excluding carboxylic acids is 2. The van der Waals surface area contributed by atoms with Gasteiger partial charge in [0.1, 0.15) is 50.7 Å². The van der Waals surface area contributed by atoms with Crippen molar-refractivity contribution in [2.24, 2.45) is 0 Å². The largest absolute Gasteiger partial charge is 0.506 e. The molecule has 0 bridgehead atoms. The van der Waals surface area contributed by atoms with Gasteiger partial charge in [0.15, 0.2) is 0 Å². The summed E-state index contributed by atoms with van der Waals surface area (Å²) in [5.41, 5.74) is 5.02. The second-order valence-electron chi connectivity index (χ2n) is 10.3. The van der Waals surface area contributed by atoms with E-state index in [2.05, 4.69) is 44.2 Å². The third-order valence-electron chi connectivity index (χ3n) is 6.60. The predicted octanol–water partition coefficient (Wildman–Crippen LogP) is 5.94. The fraction of sp³-hybridized carbons (Fsp3) is 0.0909. The van der Waals surface area contributed by atoms with Crippen LogP contribution >= 0.6 is 11.6 Å². The molecule has 14 heteroatoms. The maximum atomic E-state index is 11.7. The Morgan fingerprint density at radius 1 is 0.681 bits per heavy atom. The lowest BCUT2D eigenvalue weighted by atomic mass is 10.2. The van der Waals surface area contributed by atoms with Gasteiger partial charge >= 0.3 is 0 Å². The van der Waals surface area contributed by atoms with Crippen LogP contribution in [-0.4, -0.2) is 59.1 Å². The van der Waals surface area contributed by atoms with E-state index in [-0.39, 0.29) is 23.3 Å². The summed E-state index contributed by atoms with van der Waals surface area (Å²) in [6, 6.07) is 19.7. The topological polar surface area (TPSA) is 169 Å². The highest BCUT2D eigenvalue weighted by Crippen LogP contribution is 2.28. The first-order chi connectivity index (χ1) is 22.4. The Hall–Kier alpha value is -6.21. The molecule has 6 rings (SSSR count). The zero-order valence-corrected chi connectivity index (χ0v) is 26.3. The number of phenols is 2. The van der Waals surface area contributed by atoms with Gasteiger partial charge < -0.3 is 25.6 Å². The number of methoxy groups -OCH3 is 1. The second kappa shape index (κ2) is 13.4. The Labute approximate surface area is 273 Å². The third kappa shape index (κ3) is 7.37. The van der Waals surface area contributed by atoms with E-state index in [1.807, 2.05) is 0 Å². The van der Waals surface area contributed by atoms with Crippen LogP contribution in [0.5, 0.6) is 17.2 Å². The van der Waals surface area contributed by atoms with E-state index in [9.17, 15) is 19.8 Å². The number of phenolic OH excluding ortho intramolecular Hbond substituents is 2. The maximum Gasteiger partial charge on any atom is 0.250 e. The number of carbonyl (C=O) groups is 2. The molecule has 13 nitrogen and oxygen atoms in total. The standard InChI is InChI=1S/C17H16N4O3.C16H13ClN4O2/c1-10(2)17(23)18-11-4-7-16(22)15(8-11)21-19-13-6-5-12(24-3)9-14(13)20-21;1-9(2)16(23)18-11-4-6-15(22)14(8-11)21-19-12-5-3-10(17)7-13(12)20-21/h4-9,22H,1H2,2-3H3,(H,18,23);3-8,22H,1H2,2H3,(H,18,23). The number of ether oxygens (including phenoxy) is 1. The zero-order valence-electron chi connectivity index (χ0n) is 25.5. The van der Waals surface area contributed by atoms with Crippen LogP contribution in [-0.2, 0) is 9.59 Å². The number of benzene rings is 4. The van der Waals surface area contributed by atoms with E-state index in [1.54, 1.807) is 81.6 Å². The smallest absolute Gasteiger partial charge is 0.250 e. The minimum absolute atomic E-state index is 0.00408. The molecule has 0 radical (unpaired) electrons. The fourth-order valence-electron chi connectivity index (χ4n) is 4.12. The molecule has 2 heterocycles. The molecule has 2 aromatic heterocycles. The molecular formula is C33H29ClN8O5. The summed E-state index contributed by atoms with van der Waals surface area (Å²) in [4.78, 5) is 26.0. The zero-order chi connectivity index (χ0) is 33.8. The Balaban J connectivity index is 0.000000185. The van der Waals surface area contributed by atoms with Crippen molar-refractivity contribution in [1.29, 1.82) is 0 Å². The van der Waals surface area contributed by atoms with E-state index in [4.69, 9.17) is 16.3 Å². The van der Waals surface area contributed by atoms with Crippen LogP contribution in [0, 0.1) is 0 Å². The van der Waals surface area contributed by atoms with Gasteiger partial charge in [0.05, 0.1) is 7.11 Å². The number of hydrogen-bond acceptors (Lipinski definition) is 9. The van der Waals surface area contributed by atoms with Crippen LogP contribution in [0.25, 0.3) is 33.4 Å². The van der Waals surface area contributed by atoms with Gasteiger partial charge in [-0.25, -0.2) is 0 Å². The van der Waals surface area contributed by atoms with Crippen molar-refractivity contribution in [2.45, 2.75) is 13.8 Å². The Kier molecular flexibility index (Phi) is 9.19. The summed E-state index contributed by atoms with van der Waals surface area (Å²) in [6.45, 7) is 10.4. The van der Waals surface area contributed by atoms with Crippen molar-refractivity contribution in [1.82, 2.24) is 30.0 Å². The van der Waals surface area contributed by atoms with Gasteiger partial charge in [-0.15, -0.1) is 30.0 Å². The number of aromatic nitrogens is 6. The molecule has 0 spiro atoms. The van der Waals surface area contributed by atoms with E-state index in [0.29, 0.717) is 66.7 Å². The quantitative estimate of drug-likeness (QED) is 0.120. The Morgan fingerprint density at radius 3 is 1.60 bits per heavy atom. The molecule has 0 saturated carbocycles. The van der Waals surface area contributed by atoms with Crippen LogP contribution < -0.4 is 15.4 Å². The number of amides is 2. The number of fused-ring (bicyclic) bond motifs is 2. The number of anilines is 2. The molecule has 0 atom stereocenters. The maximum absolute atomic E-state index is 11.7. The SMILES string of the molecule is C=C(C)C(=O)Nc1ccc(O)c(-n2nc3ccc(Cl)cc3n2)c1.C=C(C)C(=O)Nc1ccc(O)c(-n2nc3ccc(OC)cc3n2)c1. The van der Waals surface area contributed by atoms with Crippen molar-refractivity contribution in [3.8, 4) is 28.6 Å². The Bertz CT molecular complexity index is 2190. The molecular weight excluding hydrogens is 624 g/mol. The van der Waals surface area contributed by atoms with Gasteiger partial charge in [0.25, 0.3) is 11.8 Å². The second-order valence-corrected chi connectivity index (χ2v) is 10.8. The molecule has 4 aromatic carbocycles. The van der Waals surface area contributed by atoms with Gasteiger partial charge in [-0.05, 0) is 80.6 Å². The third-order valence-corrected chi connectivity index (χ3v) is 6.84. The lowest BCUT2D eigenvalue weighted by Crippen LogP contribution is -2.12. The number of nitrogens with one attached hydrogen (secondary N) is 2. The van der Waals surface area contributed by atoms with Gasteiger partial charge in [0, 0.05) is 33.6 Å². The molecule has 6 aromatic rings. The number of nitrogens with zero attached hydrogens (tertiary/aromatic N) is 6. The summed E-state index contributed by atoms with van der Waals surface area (Å²) < 4.78 is 5.16. The van der Waals surface area contributed by atoms with Crippen molar-refractivity contribution in [3.63, 3.8) is 0 Å². The molecule has 0 unspecified atom stereocenters. The minimum atomic E-state index is -0.299. The van der Waals surface area contributed by atoms with Crippen LogP contribution in [0.2, 0.25) is 5.02 Å². The first-order valence-corrected chi connectivity index (χ1v) is 14.3. The lowest BCUT2D eigenvalue weighted by Gasteiger charge is -2.08. The van der Waals surface area contributed by atoms with Crippen LogP contribution in [0.4, 0.5) is 11.4 Å². The van der Waals surface area contributed by atoms with Gasteiger partial charge in [-0.3, -0.25) is 9.59 Å². The normalized spacial score (nSPS) is 10.6. The monoisotopic (exact) mass is 652 g/mol. The number of aromatic hydroxyl groups is 2. The molecule has 0 aliphatic rings. The van der Waals surface area contributed by atoms with Gasteiger partial charge in [-0.1, -0.05) is 24.8 Å². The molecule has 0 saturated heterocycles. The summed E-state index contributed by atoms with van der Waals surface area (Å²) in [5, 5.41) is 43.3. The molecule has 238 valence electrons. The highest BCUT2D eigenvalue weighted by Gasteiger charge is 2.13. The first kappa shape index (κ1) is 32.2. The summed E-state index contributed by atoms with van der Waals surface area (Å²) in [5.74, 6) is 0.0588. The fourth-order valence-corrected chi connectivity index (χ4v) is 4.29. The minimum Gasteiger partial charge on any atom is -0.506 e. The molecule has 0 aliphatic carbocycles. The Morgan fingerprint density at radius 2 is 1.13 bits per heavy atom. The highest BCUT2D eigenvalue weighted by molar-refractivity contribution is 6.31. The van der Waals surface area contributed by atoms with Crippen molar-refractivity contribution in [3.05, 3.63) is 102 Å². The summed E-state index contributed by atoms with van der Waals surface area (Å²) in [7, 11) is 1.57. The van der Waals surface area contributed by atoms with Gasteiger partial charge in [-0.2, -0.15) is 0 Å². The van der Waals surface area contributed by atoms with E-state index in [1.165, 1.54) is 21.7 Å². The van der Waals surface area contributed by atoms with Crippen molar-refractivity contribution < 1.29 is 24.5 Å². The number of halogens is 1. The molecule has 0 fully saturated rings. The van der Waals surface area contributed by atoms with E-state index < -0.39 is 0 Å². The molecule has 2 amide bonds. The van der Waals surface area contributed by atoms with E-state index in [0.717, 1.165) is 0 Å². The average Bonchev–Trinajstić information content (AvgIpc) is 3.66. The van der Waals surface area contributed by atoms with Crippen LogP contribution in [0.1, 0.15) is 13.8 Å². The lowest BCUT2D eigenvalue weighted by molar-refractivity contribution is -0.113. The summed E-state index contributed by atoms with van der Waals surface area (Å²) >= 11 is 5.94.